The van der Waals surface area contributed by atoms with Crippen molar-refractivity contribution in [3.63, 3.8) is 0 Å². The van der Waals surface area contributed by atoms with Gasteiger partial charge in [-0.1, -0.05) is 28.1 Å². The number of hydrogen-bond acceptors (Lipinski definition) is 2. The SMILES string of the molecule is CN(C)c1ccc(NC(=O)C(C)(C)c2ccc(Br)cc2)cc1. The van der Waals surface area contributed by atoms with Gasteiger partial charge in [-0.25, -0.2) is 0 Å². The molecule has 0 unspecified atom stereocenters. The van der Waals surface area contributed by atoms with Crippen molar-refractivity contribution in [2.45, 2.75) is 19.3 Å². The zero-order chi connectivity index (χ0) is 16.3. The van der Waals surface area contributed by atoms with E-state index in [4.69, 9.17) is 0 Å². The van der Waals surface area contributed by atoms with Crippen LogP contribution in [0.1, 0.15) is 19.4 Å². The summed E-state index contributed by atoms with van der Waals surface area (Å²) in [5, 5.41) is 2.99. The molecule has 0 bridgehead atoms. The summed E-state index contributed by atoms with van der Waals surface area (Å²) < 4.78 is 1.01. The minimum absolute atomic E-state index is 0.0209. The number of nitrogens with one attached hydrogen (secondary N) is 1. The predicted molar refractivity (Wildman–Crippen MR) is 96.6 cm³/mol. The smallest absolute Gasteiger partial charge is 0.234 e. The van der Waals surface area contributed by atoms with Gasteiger partial charge < -0.3 is 10.2 Å². The molecule has 0 radical (unpaired) electrons. The van der Waals surface area contributed by atoms with Crippen LogP contribution in [0.5, 0.6) is 0 Å². The largest absolute Gasteiger partial charge is 0.378 e. The van der Waals surface area contributed by atoms with Gasteiger partial charge in [0.1, 0.15) is 0 Å². The maximum absolute atomic E-state index is 12.6. The Balaban J connectivity index is 2.15. The summed E-state index contributed by atoms with van der Waals surface area (Å²) in [5.74, 6) is -0.0209. The third kappa shape index (κ3) is 3.69. The van der Waals surface area contributed by atoms with E-state index in [-0.39, 0.29) is 5.91 Å². The van der Waals surface area contributed by atoms with Gasteiger partial charge in [-0.15, -0.1) is 0 Å². The number of carbonyl (C=O) groups excluding carboxylic acids is 1. The number of benzene rings is 2. The second kappa shape index (κ2) is 6.53. The zero-order valence-electron chi connectivity index (χ0n) is 13.4. The zero-order valence-corrected chi connectivity index (χ0v) is 14.9. The molecular formula is C18H21BrN2O. The van der Waals surface area contributed by atoms with Crippen molar-refractivity contribution >= 4 is 33.2 Å². The lowest BCUT2D eigenvalue weighted by atomic mass is 9.83. The second-order valence-corrected chi connectivity index (χ2v) is 6.94. The Morgan fingerprint density at radius 2 is 1.55 bits per heavy atom. The summed E-state index contributed by atoms with van der Waals surface area (Å²) in [7, 11) is 3.98. The number of carbonyl (C=O) groups is 1. The average molecular weight is 361 g/mol. The lowest BCUT2D eigenvalue weighted by Gasteiger charge is -2.24. The molecule has 3 nitrogen and oxygen atoms in total. The molecule has 2 aromatic carbocycles. The topological polar surface area (TPSA) is 32.3 Å². The van der Waals surface area contributed by atoms with Gasteiger partial charge in [0.2, 0.25) is 5.91 Å². The summed E-state index contributed by atoms with van der Waals surface area (Å²) >= 11 is 3.42. The Labute approximate surface area is 140 Å². The van der Waals surface area contributed by atoms with E-state index in [1.807, 2.05) is 81.4 Å². The van der Waals surface area contributed by atoms with Crippen LogP contribution >= 0.6 is 15.9 Å². The van der Waals surface area contributed by atoms with Crippen molar-refractivity contribution < 1.29 is 4.79 Å². The Hall–Kier alpha value is -1.81. The molecule has 1 amide bonds. The number of hydrogen-bond donors (Lipinski definition) is 1. The molecule has 0 aliphatic rings. The first-order valence-corrected chi connectivity index (χ1v) is 7.95. The van der Waals surface area contributed by atoms with Gasteiger partial charge in [-0.05, 0) is 55.8 Å². The number of rotatable bonds is 4. The molecule has 22 heavy (non-hydrogen) atoms. The minimum Gasteiger partial charge on any atom is -0.378 e. The third-order valence-electron chi connectivity index (χ3n) is 3.78. The van der Waals surface area contributed by atoms with Gasteiger partial charge in [0.05, 0.1) is 5.41 Å². The highest BCUT2D eigenvalue weighted by Gasteiger charge is 2.29. The first-order chi connectivity index (χ1) is 10.3. The Bertz CT molecular complexity index is 646. The summed E-state index contributed by atoms with van der Waals surface area (Å²) in [6.07, 6.45) is 0. The van der Waals surface area contributed by atoms with E-state index in [0.29, 0.717) is 0 Å². The summed E-state index contributed by atoms with van der Waals surface area (Å²) in [5.41, 5.74) is 2.30. The third-order valence-corrected chi connectivity index (χ3v) is 4.30. The molecule has 2 aromatic rings. The molecule has 116 valence electrons. The van der Waals surface area contributed by atoms with E-state index >= 15 is 0 Å². The van der Waals surface area contributed by atoms with Crippen molar-refractivity contribution in [3.05, 3.63) is 58.6 Å². The van der Waals surface area contributed by atoms with Crippen LogP contribution < -0.4 is 10.2 Å². The number of anilines is 2. The highest BCUT2D eigenvalue weighted by Crippen LogP contribution is 2.27. The molecular weight excluding hydrogens is 340 g/mol. The van der Waals surface area contributed by atoms with Gasteiger partial charge in [0.25, 0.3) is 0 Å². The van der Waals surface area contributed by atoms with E-state index in [9.17, 15) is 4.79 Å². The fourth-order valence-electron chi connectivity index (χ4n) is 2.13. The lowest BCUT2D eigenvalue weighted by molar-refractivity contribution is -0.120. The van der Waals surface area contributed by atoms with Crippen LogP contribution in [0.2, 0.25) is 0 Å². The van der Waals surface area contributed by atoms with Crippen molar-refractivity contribution in [2.24, 2.45) is 0 Å². The summed E-state index contributed by atoms with van der Waals surface area (Å²) in [4.78, 5) is 14.6. The fraction of sp³-hybridized carbons (Fsp3) is 0.278. The van der Waals surface area contributed by atoms with Gasteiger partial charge in [0.15, 0.2) is 0 Å². The maximum Gasteiger partial charge on any atom is 0.234 e. The molecule has 0 saturated carbocycles. The van der Waals surface area contributed by atoms with E-state index in [0.717, 1.165) is 21.4 Å². The van der Waals surface area contributed by atoms with Crippen molar-refractivity contribution in [1.29, 1.82) is 0 Å². The Morgan fingerprint density at radius 1 is 1.00 bits per heavy atom. The van der Waals surface area contributed by atoms with Crippen molar-refractivity contribution in [2.75, 3.05) is 24.3 Å². The average Bonchev–Trinajstić information content (AvgIpc) is 2.48. The molecule has 0 aliphatic heterocycles. The summed E-state index contributed by atoms with van der Waals surface area (Å²) in [6.45, 7) is 3.86. The van der Waals surface area contributed by atoms with Crippen LogP contribution in [0.4, 0.5) is 11.4 Å². The first-order valence-electron chi connectivity index (χ1n) is 7.15. The molecule has 0 aromatic heterocycles. The monoisotopic (exact) mass is 360 g/mol. The number of nitrogens with zero attached hydrogens (tertiary/aromatic N) is 1. The Morgan fingerprint density at radius 3 is 2.05 bits per heavy atom. The predicted octanol–water partition coefficient (Wildman–Crippen LogP) is 4.43. The van der Waals surface area contributed by atoms with Gasteiger partial charge in [-0.2, -0.15) is 0 Å². The van der Waals surface area contributed by atoms with E-state index in [1.165, 1.54) is 0 Å². The molecule has 0 fully saturated rings. The van der Waals surface area contributed by atoms with Gasteiger partial charge in [-0.3, -0.25) is 4.79 Å². The molecule has 1 N–H and O–H groups in total. The second-order valence-electron chi connectivity index (χ2n) is 6.03. The van der Waals surface area contributed by atoms with Crippen molar-refractivity contribution in [3.8, 4) is 0 Å². The molecule has 0 heterocycles. The molecule has 4 heteroatoms. The van der Waals surface area contributed by atoms with E-state index in [2.05, 4.69) is 21.2 Å². The van der Waals surface area contributed by atoms with Crippen molar-refractivity contribution in [1.82, 2.24) is 0 Å². The van der Waals surface area contributed by atoms with Crippen LogP contribution in [0.15, 0.2) is 53.0 Å². The van der Waals surface area contributed by atoms with Gasteiger partial charge in [0, 0.05) is 29.9 Å². The van der Waals surface area contributed by atoms with E-state index < -0.39 is 5.41 Å². The fourth-order valence-corrected chi connectivity index (χ4v) is 2.39. The normalized spacial score (nSPS) is 11.1. The molecule has 0 aliphatic carbocycles. The van der Waals surface area contributed by atoms with Crippen LogP contribution in [0.25, 0.3) is 0 Å². The van der Waals surface area contributed by atoms with Crippen LogP contribution in [0.3, 0.4) is 0 Å². The minimum atomic E-state index is -0.596. The van der Waals surface area contributed by atoms with Gasteiger partial charge >= 0.3 is 0 Å². The number of amides is 1. The highest BCUT2D eigenvalue weighted by molar-refractivity contribution is 9.10. The Kier molecular flexibility index (Phi) is 4.91. The maximum atomic E-state index is 12.6. The van der Waals surface area contributed by atoms with Crippen LogP contribution in [-0.4, -0.2) is 20.0 Å². The quantitative estimate of drug-likeness (QED) is 0.874. The highest BCUT2D eigenvalue weighted by atomic mass is 79.9. The summed E-state index contributed by atoms with van der Waals surface area (Å²) in [6, 6.07) is 15.7. The molecule has 0 saturated heterocycles. The molecule has 0 spiro atoms. The van der Waals surface area contributed by atoms with Crippen LogP contribution in [-0.2, 0) is 10.2 Å². The molecule has 2 rings (SSSR count). The standard InChI is InChI=1S/C18H21BrN2O/c1-18(2,13-5-7-14(19)8-6-13)17(22)20-15-9-11-16(12-10-15)21(3)4/h5-12H,1-4H3,(H,20,22). The lowest BCUT2D eigenvalue weighted by Crippen LogP contribution is -2.34. The van der Waals surface area contributed by atoms with E-state index in [1.54, 1.807) is 0 Å². The van der Waals surface area contributed by atoms with Crippen LogP contribution in [0, 0.1) is 0 Å². The first kappa shape index (κ1) is 16.6. The molecule has 0 atom stereocenters. The number of halogens is 1.